The summed E-state index contributed by atoms with van der Waals surface area (Å²) in [5, 5.41) is 3.04. The second kappa shape index (κ2) is 8.58. The van der Waals surface area contributed by atoms with Crippen LogP contribution in [0.3, 0.4) is 0 Å². The van der Waals surface area contributed by atoms with Crippen molar-refractivity contribution in [1.29, 1.82) is 0 Å². The molecule has 158 valence electrons. The smallest absolute Gasteiger partial charge is 0.308 e. The molecular formula is C28H30N2O. The van der Waals surface area contributed by atoms with Crippen LogP contribution in [0.5, 0.6) is 0 Å². The average Bonchev–Trinajstić information content (AvgIpc) is 3.23. The third kappa shape index (κ3) is 4.23. The number of aryl methyl sites for hydroxylation is 1. The van der Waals surface area contributed by atoms with E-state index in [9.17, 15) is 4.79 Å². The van der Waals surface area contributed by atoms with Crippen LogP contribution in [0.1, 0.15) is 54.7 Å². The number of benzene rings is 3. The zero-order valence-corrected chi connectivity index (χ0v) is 18.2. The van der Waals surface area contributed by atoms with Crippen LogP contribution < -0.4 is 10.2 Å². The Morgan fingerprint density at radius 1 is 0.903 bits per heavy atom. The number of anilines is 2. The van der Waals surface area contributed by atoms with Crippen LogP contribution >= 0.6 is 0 Å². The Bertz CT molecular complexity index is 1080. The van der Waals surface area contributed by atoms with Gasteiger partial charge in [-0.1, -0.05) is 61.7 Å². The lowest BCUT2D eigenvalue weighted by atomic mass is 9.83. The Morgan fingerprint density at radius 3 is 2.45 bits per heavy atom. The predicted molar refractivity (Wildman–Crippen MR) is 129 cm³/mol. The molecule has 2 aliphatic rings. The van der Waals surface area contributed by atoms with Crippen LogP contribution in [0, 0.1) is 6.92 Å². The van der Waals surface area contributed by atoms with E-state index in [1.807, 2.05) is 36.1 Å². The van der Waals surface area contributed by atoms with Gasteiger partial charge in [0.05, 0.1) is 0 Å². The molecule has 2 amide bonds. The van der Waals surface area contributed by atoms with E-state index in [-0.39, 0.29) is 6.03 Å². The first-order chi connectivity index (χ1) is 15.2. The molecule has 1 N–H and O–H groups in total. The first-order valence-electron chi connectivity index (χ1n) is 11.6. The lowest BCUT2D eigenvalue weighted by molar-refractivity contribution is 0.257. The lowest BCUT2D eigenvalue weighted by Crippen LogP contribution is -2.33. The third-order valence-corrected chi connectivity index (χ3v) is 6.81. The standard InChI is InChI=1S/C28H30N2O/c1-20-6-5-9-26(18-20)29-28(31)30-17-16-25-19-24(14-15-27(25)30)23-12-10-22(11-13-23)21-7-3-2-4-8-21/h5-6,9-15,18-19,21H,2-4,7-8,16-17H2,1H3,(H,29,31). The summed E-state index contributed by atoms with van der Waals surface area (Å²) >= 11 is 0. The predicted octanol–water partition coefficient (Wildman–Crippen LogP) is 7.30. The fourth-order valence-corrected chi connectivity index (χ4v) is 5.09. The molecule has 0 aromatic heterocycles. The van der Waals surface area contributed by atoms with Crippen LogP contribution in [0.15, 0.2) is 66.7 Å². The second-order valence-electron chi connectivity index (χ2n) is 9.00. The van der Waals surface area contributed by atoms with Crippen molar-refractivity contribution >= 4 is 17.4 Å². The Balaban J connectivity index is 1.31. The fraction of sp³-hybridized carbons (Fsp3) is 0.321. The number of hydrogen-bond donors (Lipinski definition) is 1. The van der Waals surface area contributed by atoms with Crippen LogP contribution in [0.2, 0.25) is 0 Å². The number of urea groups is 1. The van der Waals surface area contributed by atoms with Crippen molar-refractivity contribution in [3.8, 4) is 11.1 Å². The molecule has 3 aromatic rings. The summed E-state index contributed by atoms with van der Waals surface area (Å²) in [6.07, 6.45) is 7.68. The van der Waals surface area contributed by atoms with E-state index in [2.05, 4.69) is 47.8 Å². The van der Waals surface area contributed by atoms with Crippen molar-refractivity contribution < 1.29 is 4.79 Å². The molecule has 1 saturated carbocycles. The first kappa shape index (κ1) is 19.9. The molecule has 3 nitrogen and oxygen atoms in total. The van der Waals surface area contributed by atoms with E-state index >= 15 is 0 Å². The maximum absolute atomic E-state index is 12.8. The van der Waals surface area contributed by atoms with Crippen LogP contribution in [0.25, 0.3) is 11.1 Å². The van der Waals surface area contributed by atoms with Gasteiger partial charge >= 0.3 is 6.03 Å². The molecule has 3 aromatic carbocycles. The molecule has 1 aliphatic carbocycles. The lowest BCUT2D eigenvalue weighted by Gasteiger charge is -2.22. The summed E-state index contributed by atoms with van der Waals surface area (Å²) in [7, 11) is 0. The highest BCUT2D eigenvalue weighted by molar-refractivity contribution is 6.03. The van der Waals surface area contributed by atoms with E-state index in [1.165, 1.54) is 54.4 Å². The summed E-state index contributed by atoms with van der Waals surface area (Å²) in [5.74, 6) is 0.739. The van der Waals surface area contributed by atoms with Gasteiger partial charge in [-0.05, 0) is 84.2 Å². The van der Waals surface area contributed by atoms with Crippen molar-refractivity contribution in [2.45, 2.75) is 51.4 Å². The minimum Gasteiger partial charge on any atom is -0.308 e. The summed E-state index contributed by atoms with van der Waals surface area (Å²) in [4.78, 5) is 14.7. The Morgan fingerprint density at radius 2 is 1.68 bits per heavy atom. The van der Waals surface area contributed by atoms with Crippen molar-refractivity contribution in [3.05, 3.63) is 83.4 Å². The zero-order valence-electron chi connectivity index (χ0n) is 18.2. The van der Waals surface area contributed by atoms with Crippen molar-refractivity contribution in [2.24, 2.45) is 0 Å². The van der Waals surface area contributed by atoms with Crippen molar-refractivity contribution in [2.75, 3.05) is 16.8 Å². The van der Waals surface area contributed by atoms with Crippen LogP contribution in [-0.4, -0.2) is 12.6 Å². The summed E-state index contributed by atoms with van der Waals surface area (Å²) in [6, 6.07) is 23.5. The van der Waals surface area contributed by atoms with Gasteiger partial charge in [0.1, 0.15) is 0 Å². The molecule has 1 heterocycles. The minimum absolute atomic E-state index is 0.0612. The summed E-state index contributed by atoms with van der Waals surface area (Å²) in [6.45, 7) is 2.75. The Kier molecular flexibility index (Phi) is 5.50. The normalized spacial score (nSPS) is 16.2. The molecule has 0 unspecified atom stereocenters. The molecule has 1 aliphatic heterocycles. The first-order valence-corrected chi connectivity index (χ1v) is 11.6. The average molecular weight is 411 g/mol. The van der Waals surface area contributed by atoms with Gasteiger partial charge in [0.2, 0.25) is 0 Å². The maximum atomic E-state index is 12.8. The third-order valence-electron chi connectivity index (χ3n) is 6.81. The number of amides is 2. The number of fused-ring (bicyclic) bond motifs is 1. The molecule has 1 fully saturated rings. The number of nitrogens with one attached hydrogen (secondary N) is 1. The van der Waals surface area contributed by atoms with Gasteiger partial charge in [-0.15, -0.1) is 0 Å². The highest BCUT2D eigenvalue weighted by atomic mass is 16.2. The maximum Gasteiger partial charge on any atom is 0.326 e. The van der Waals surface area contributed by atoms with Gasteiger partial charge in [-0.3, -0.25) is 4.90 Å². The molecular weight excluding hydrogens is 380 g/mol. The van der Waals surface area contributed by atoms with Gasteiger partial charge in [0, 0.05) is 17.9 Å². The van der Waals surface area contributed by atoms with E-state index in [0.717, 1.165) is 35.8 Å². The number of nitrogens with zero attached hydrogens (tertiary/aromatic N) is 1. The van der Waals surface area contributed by atoms with Crippen LogP contribution in [-0.2, 0) is 6.42 Å². The number of carbonyl (C=O) groups excluding carboxylic acids is 1. The number of hydrogen-bond acceptors (Lipinski definition) is 1. The number of carbonyl (C=O) groups is 1. The fourth-order valence-electron chi connectivity index (χ4n) is 5.09. The van der Waals surface area contributed by atoms with E-state index in [4.69, 9.17) is 0 Å². The quantitative estimate of drug-likeness (QED) is 0.482. The van der Waals surface area contributed by atoms with Gasteiger partial charge < -0.3 is 5.32 Å². The van der Waals surface area contributed by atoms with Crippen LogP contribution in [0.4, 0.5) is 16.2 Å². The molecule has 0 spiro atoms. The van der Waals surface area contributed by atoms with Gasteiger partial charge in [-0.25, -0.2) is 4.79 Å². The molecule has 0 radical (unpaired) electrons. The molecule has 0 bridgehead atoms. The summed E-state index contributed by atoms with van der Waals surface area (Å²) < 4.78 is 0. The Labute approximate surface area is 185 Å². The zero-order chi connectivity index (χ0) is 21.2. The van der Waals surface area contributed by atoms with Gasteiger partial charge in [0.15, 0.2) is 0 Å². The van der Waals surface area contributed by atoms with Crippen molar-refractivity contribution in [3.63, 3.8) is 0 Å². The van der Waals surface area contributed by atoms with E-state index < -0.39 is 0 Å². The van der Waals surface area contributed by atoms with E-state index in [0.29, 0.717) is 0 Å². The van der Waals surface area contributed by atoms with Gasteiger partial charge in [0.25, 0.3) is 0 Å². The minimum atomic E-state index is -0.0612. The molecule has 0 saturated heterocycles. The monoisotopic (exact) mass is 410 g/mol. The molecule has 31 heavy (non-hydrogen) atoms. The summed E-state index contributed by atoms with van der Waals surface area (Å²) in [5.41, 5.74) is 8.22. The molecule has 5 rings (SSSR count). The SMILES string of the molecule is Cc1cccc(NC(=O)N2CCc3cc(-c4ccc(C5CCCCC5)cc4)ccc32)c1. The molecule has 3 heteroatoms. The van der Waals surface area contributed by atoms with Crippen molar-refractivity contribution in [1.82, 2.24) is 0 Å². The largest absolute Gasteiger partial charge is 0.326 e. The Hall–Kier alpha value is -3.07. The van der Waals surface area contributed by atoms with E-state index in [1.54, 1.807) is 0 Å². The van der Waals surface area contributed by atoms with Gasteiger partial charge in [-0.2, -0.15) is 0 Å². The number of rotatable bonds is 3. The highest BCUT2D eigenvalue weighted by Crippen LogP contribution is 2.35. The topological polar surface area (TPSA) is 32.3 Å². The highest BCUT2D eigenvalue weighted by Gasteiger charge is 2.25. The second-order valence-corrected chi connectivity index (χ2v) is 9.00. The molecule has 0 atom stereocenters.